The van der Waals surface area contributed by atoms with Gasteiger partial charge < -0.3 is 15.1 Å². The van der Waals surface area contributed by atoms with Crippen LogP contribution in [0.25, 0.3) is 11.3 Å². The van der Waals surface area contributed by atoms with Gasteiger partial charge in [-0.05, 0) is 55.4 Å². The predicted octanol–water partition coefficient (Wildman–Crippen LogP) is 4.22. The number of pyridine rings is 1. The predicted molar refractivity (Wildman–Crippen MR) is 137 cm³/mol. The number of nitrogens with one attached hydrogen (secondary N) is 1. The van der Waals surface area contributed by atoms with Crippen LogP contribution in [0.2, 0.25) is 0 Å². The zero-order valence-corrected chi connectivity index (χ0v) is 20.5. The first-order valence-corrected chi connectivity index (χ1v) is 12.6. The molecule has 0 unspecified atom stereocenters. The van der Waals surface area contributed by atoms with Crippen molar-refractivity contribution in [1.82, 2.24) is 9.71 Å². The summed E-state index contributed by atoms with van der Waals surface area (Å²) in [5.74, 6) is -0.884. The summed E-state index contributed by atoms with van der Waals surface area (Å²) >= 11 is 0. The Labute approximate surface area is 209 Å². The molecule has 0 aliphatic carbocycles. The minimum Gasteiger partial charge on any atom is -0.508 e. The van der Waals surface area contributed by atoms with Crippen molar-refractivity contribution in [2.75, 3.05) is 11.9 Å². The van der Waals surface area contributed by atoms with Gasteiger partial charge in [0.25, 0.3) is 5.91 Å². The first kappa shape index (κ1) is 24.9. The molecule has 0 bridgehead atoms. The molecule has 0 aliphatic heterocycles. The number of carbonyl (C=O) groups excluding carboxylic acids is 1. The number of phenols is 2. The van der Waals surface area contributed by atoms with Crippen LogP contribution >= 0.6 is 0 Å². The Hall–Kier alpha value is -4.21. The molecule has 36 heavy (non-hydrogen) atoms. The fourth-order valence-electron chi connectivity index (χ4n) is 3.81. The van der Waals surface area contributed by atoms with Gasteiger partial charge in [-0.25, -0.2) is 13.1 Å². The van der Waals surface area contributed by atoms with E-state index in [9.17, 15) is 23.4 Å². The van der Waals surface area contributed by atoms with Crippen molar-refractivity contribution in [1.29, 1.82) is 0 Å². The quantitative estimate of drug-likeness (QED) is 0.347. The number of amides is 1. The van der Waals surface area contributed by atoms with Crippen molar-refractivity contribution in [2.45, 2.75) is 18.4 Å². The van der Waals surface area contributed by atoms with Crippen LogP contribution in [0, 0.1) is 6.92 Å². The van der Waals surface area contributed by atoms with Crippen molar-refractivity contribution in [3.63, 3.8) is 0 Å². The molecule has 0 spiro atoms. The lowest BCUT2D eigenvalue weighted by Gasteiger charge is -2.24. The smallest absolute Gasteiger partial charge is 0.262 e. The van der Waals surface area contributed by atoms with E-state index in [4.69, 9.17) is 0 Å². The van der Waals surface area contributed by atoms with Crippen LogP contribution in [0.15, 0.2) is 90.0 Å². The number of aryl methyl sites for hydroxylation is 1. The zero-order valence-electron chi connectivity index (χ0n) is 19.7. The Morgan fingerprint density at radius 3 is 2.28 bits per heavy atom. The molecule has 4 aromatic rings. The number of hydrogen-bond donors (Lipinski definition) is 3. The lowest BCUT2D eigenvalue weighted by molar-refractivity contribution is 0.0982. The molecule has 0 saturated carbocycles. The maximum Gasteiger partial charge on any atom is 0.262 e. The maximum atomic E-state index is 13.5. The number of sulfonamides is 1. The molecule has 3 N–H and O–H groups in total. The van der Waals surface area contributed by atoms with Crippen molar-refractivity contribution < 1.29 is 23.4 Å². The second-order valence-corrected chi connectivity index (χ2v) is 10.1. The Bertz CT molecular complexity index is 1500. The summed E-state index contributed by atoms with van der Waals surface area (Å²) in [7, 11) is -2.26. The summed E-state index contributed by atoms with van der Waals surface area (Å²) in [6.07, 6.45) is 1.31. The number of benzene rings is 3. The van der Waals surface area contributed by atoms with Crippen LogP contribution in [0.3, 0.4) is 0 Å². The van der Waals surface area contributed by atoms with Crippen molar-refractivity contribution >= 4 is 21.6 Å². The van der Waals surface area contributed by atoms with Crippen LogP contribution in [0.5, 0.6) is 11.5 Å². The third-order valence-electron chi connectivity index (χ3n) is 5.73. The molecule has 1 amide bonds. The van der Waals surface area contributed by atoms with Crippen LogP contribution in [-0.2, 0) is 16.6 Å². The van der Waals surface area contributed by atoms with Gasteiger partial charge in [0.2, 0.25) is 10.0 Å². The number of phenolic OH excluding ortho intramolecular Hbond substituents is 2. The SMILES string of the molecule is CNS(=O)(=O)c1cnc(-c2ccc(N(Cc3ccccc3)C(=O)c3ccc(O)cc3O)cc2)c(C)c1. The largest absolute Gasteiger partial charge is 0.508 e. The van der Waals surface area contributed by atoms with E-state index < -0.39 is 15.9 Å². The summed E-state index contributed by atoms with van der Waals surface area (Å²) in [6, 6.07) is 22.0. The summed E-state index contributed by atoms with van der Waals surface area (Å²) < 4.78 is 26.4. The van der Waals surface area contributed by atoms with Gasteiger partial charge in [-0.15, -0.1) is 0 Å². The molecule has 0 saturated heterocycles. The maximum absolute atomic E-state index is 13.5. The van der Waals surface area contributed by atoms with Gasteiger partial charge in [0.1, 0.15) is 16.4 Å². The molecule has 4 rings (SSSR count). The summed E-state index contributed by atoms with van der Waals surface area (Å²) in [5, 5.41) is 19.9. The second-order valence-electron chi connectivity index (χ2n) is 8.17. The summed E-state index contributed by atoms with van der Waals surface area (Å²) in [4.78, 5) is 19.4. The summed E-state index contributed by atoms with van der Waals surface area (Å²) in [5.41, 5.74) is 3.61. The van der Waals surface area contributed by atoms with Gasteiger partial charge in [-0.2, -0.15) is 0 Å². The van der Waals surface area contributed by atoms with Gasteiger partial charge in [-0.3, -0.25) is 9.78 Å². The first-order valence-electron chi connectivity index (χ1n) is 11.1. The highest BCUT2D eigenvalue weighted by Gasteiger charge is 2.22. The lowest BCUT2D eigenvalue weighted by Crippen LogP contribution is -2.30. The van der Waals surface area contributed by atoms with Gasteiger partial charge in [-0.1, -0.05) is 42.5 Å². The minimum absolute atomic E-state index is 0.0617. The van der Waals surface area contributed by atoms with Crippen molar-refractivity contribution in [3.8, 4) is 22.8 Å². The highest BCUT2D eigenvalue weighted by atomic mass is 32.2. The second kappa shape index (κ2) is 10.2. The normalized spacial score (nSPS) is 11.3. The Morgan fingerprint density at radius 2 is 1.67 bits per heavy atom. The van der Waals surface area contributed by atoms with Gasteiger partial charge in [0.05, 0.1) is 17.8 Å². The molecule has 0 radical (unpaired) electrons. The first-order chi connectivity index (χ1) is 17.2. The van der Waals surface area contributed by atoms with E-state index in [-0.39, 0.29) is 28.5 Å². The minimum atomic E-state index is -3.60. The van der Waals surface area contributed by atoms with E-state index in [0.717, 1.165) is 17.2 Å². The van der Waals surface area contributed by atoms with E-state index >= 15 is 0 Å². The van der Waals surface area contributed by atoms with Crippen molar-refractivity contribution in [3.05, 3.63) is 102 Å². The molecule has 184 valence electrons. The Morgan fingerprint density at radius 1 is 0.972 bits per heavy atom. The molecule has 1 heterocycles. The van der Waals surface area contributed by atoms with Gasteiger partial charge >= 0.3 is 0 Å². The fraction of sp³-hybridized carbons (Fsp3) is 0.111. The average molecular weight is 504 g/mol. The van der Waals surface area contributed by atoms with E-state index in [1.807, 2.05) is 30.3 Å². The Kier molecular flexibility index (Phi) is 7.05. The molecule has 8 nitrogen and oxygen atoms in total. The van der Waals surface area contributed by atoms with Gasteiger partial charge in [0, 0.05) is 23.5 Å². The van der Waals surface area contributed by atoms with Crippen LogP contribution in [-0.4, -0.2) is 36.6 Å². The van der Waals surface area contributed by atoms with Crippen LogP contribution in [0.4, 0.5) is 5.69 Å². The molecular formula is C27H25N3O5S. The third kappa shape index (κ3) is 5.22. The van der Waals surface area contributed by atoms with E-state index in [2.05, 4.69) is 9.71 Å². The molecule has 0 atom stereocenters. The number of hydrogen-bond acceptors (Lipinski definition) is 6. The molecule has 1 aromatic heterocycles. The standard InChI is InChI=1S/C27H25N3O5S/c1-18-14-23(36(34,35)28-2)16-29-26(18)20-8-10-21(11-9-20)30(17-19-6-4-3-5-7-19)27(33)24-13-12-22(31)15-25(24)32/h3-16,28,31-32H,17H2,1-2H3. The van der Waals surface area contributed by atoms with E-state index in [1.54, 1.807) is 37.3 Å². The van der Waals surface area contributed by atoms with E-state index in [0.29, 0.717) is 16.9 Å². The number of aromatic hydroxyl groups is 2. The highest BCUT2D eigenvalue weighted by Crippen LogP contribution is 2.30. The van der Waals surface area contributed by atoms with Crippen molar-refractivity contribution in [2.24, 2.45) is 0 Å². The zero-order chi connectivity index (χ0) is 25.9. The monoisotopic (exact) mass is 503 g/mol. The summed E-state index contributed by atoms with van der Waals surface area (Å²) in [6.45, 7) is 2.04. The third-order valence-corrected chi connectivity index (χ3v) is 7.11. The average Bonchev–Trinajstić information content (AvgIpc) is 2.87. The van der Waals surface area contributed by atoms with Crippen LogP contribution < -0.4 is 9.62 Å². The van der Waals surface area contributed by atoms with E-state index in [1.165, 1.54) is 30.3 Å². The topological polar surface area (TPSA) is 120 Å². The van der Waals surface area contributed by atoms with Gasteiger partial charge in [0.15, 0.2) is 0 Å². The molecule has 9 heteroatoms. The number of aromatic nitrogens is 1. The van der Waals surface area contributed by atoms with Crippen LogP contribution in [0.1, 0.15) is 21.5 Å². The molecule has 3 aromatic carbocycles. The molecule has 0 aliphatic rings. The molecular weight excluding hydrogens is 478 g/mol. The number of nitrogens with zero attached hydrogens (tertiary/aromatic N) is 2. The number of carbonyl (C=O) groups is 1. The lowest BCUT2D eigenvalue weighted by atomic mass is 10.1. The number of anilines is 1. The molecule has 0 fully saturated rings. The Balaban J connectivity index is 1.70. The highest BCUT2D eigenvalue weighted by molar-refractivity contribution is 7.89. The fourth-order valence-corrected chi connectivity index (χ4v) is 4.57. The number of rotatable bonds is 7.